The minimum absolute atomic E-state index is 0.0160. The average molecular weight is 431 g/mol. The maximum absolute atomic E-state index is 13.3. The van der Waals surface area contributed by atoms with Crippen molar-refractivity contribution in [1.82, 2.24) is 14.7 Å². The van der Waals surface area contributed by atoms with Gasteiger partial charge in [0.2, 0.25) is 10.0 Å². The number of fused-ring (bicyclic) bond motifs is 1. The van der Waals surface area contributed by atoms with Gasteiger partial charge in [-0.1, -0.05) is 12.1 Å². The highest BCUT2D eigenvalue weighted by Crippen LogP contribution is 2.33. The number of halogens is 1. The molecule has 0 spiro atoms. The molecule has 0 aliphatic heterocycles. The van der Waals surface area contributed by atoms with Crippen LogP contribution in [0.25, 0.3) is 10.9 Å². The van der Waals surface area contributed by atoms with Gasteiger partial charge in [0, 0.05) is 13.1 Å². The van der Waals surface area contributed by atoms with Crippen LogP contribution in [0.5, 0.6) is 0 Å². The largest absolute Gasteiger partial charge is 0.387 e. The fraction of sp³-hybridized carbons (Fsp3) is 0.333. The molecular formula is C21H23FN4O3S. The number of aryl methyl sites for hydroxylation is 1. The second-order valence-electron chi connectivity index (χ2n) is 7.76. The summed E-state index contributed by atoms with van der Waals surface area (Å²) in [4.78, 5) is 19.1. The number of aromatic nitrogens is 2. The predicted octanol–water partition coefficient (Wildman–Crippen LogP) is 2.71. The molecule has 1 aliphatic carbocycles. The van der Waals surface area contributed by atoms with Gasteiger partial charge in [0.1, 0.15) is 16.5 Å². The maximum Gasteiger partial charge on any atom is 0.258 e. The minimum atomic E-state index is -3.84. The predicted molar refractivity (Wildman–Crippen MR) is 114 cm³/mol. The molecule has 4 rings (SSSR count). The zero-order valence-electron chi connectivity index (χ0n) is 16.7. The fourth-order valence-electron chi connectivity index (χ4n) is 3.98. The van der Waals surface area contributed by atoms with Crippen molar-refractivity contribution in [2.24, 2.45) is 5.92 Å². The van der Waals surface area contributed by atoms with E-state index >= 15 is 0 Å². The summed E-state index contributed by atoms with van der Waals surface area (Å²) >= 11 is 0. The number of anilines is 1. The Morgan fingerprint density at radius 1 is 1.23 bits per heavy atom. The summed E-state index contributed by atoms with van der Waals surface area (Å²) in [5, 5.41) is 3.10. The molecule has 1 aromatic heterocycles. The molecule has 1 aliphatic rings. The van der Waals surface area contributed by atoms with E-state index in [-0.39, 0.29) is 27.7 Å². The van der Waals surface area contributed by atoms with Crippen molar-refractivity contribution in [1.29, 1.82) is 0 Å². The molecule has 30 heavy (non-hydrogen) atoms. The van der Waals surface area contributed by atoms with Crippen molar-refractivity contribution in [3.05, 3.63) is 64.0 Å². The minimum Gasteiger partial charge on any atom is -0.387 e. The molecule has 7 nitrogen and oxygen atoms in total. The fourth-order valence-corrected chi connectivity index (χ4v) is 5.46. The van der Waals surface area contributed by atoms with E-state index in [4.69, 9.17) is 0 Å². The SMILES string of the molecule is CNc1cc2nc(C)[nH]c(=O)c2cc1S(=O)(=O)NC1CC(Cc2cccc(F)c2)C1. The summed E-state index contributed by atoms with van der Waals surface area (Å²) in [6.07, 6.45) is 2.08. The zero-order chi connectivity index (χ0) is 21.5. The first kappa shape index (κ1) is 20.5. The van der Waals surface area contributed by atoms with Gasteiger partial charge in [-0.15, -0.1) is 0 Å². The summed E-state index contributed by atoms with van der Waals surface area (Å²) in [6.45, 7) is 1.67. The Balaban J connectivity index is 1.51. The molecule has 1 fully saturated rings. The van der Waals surface area contributed by atoms with Crippen LogP contribution in [0, 0.1) is 18.7 Å². The van der Waals surface area contributed by atoms with E-state index in [0.717, 1.165) is 5.56 Å². The average Bonchev–Trinajstić information content (AvgIpc) is 2.65. The van der Waals surface area contributed by atoms with Gasteiger partial charge in [-0.05, 0) is 61.9 Å². The zero-order valence-corrected chi connectivity index (χ0v) is 17.5. The first-order valence-electron chi connectivity index (χ1n) is 9.74. The van der Waals surface area contributed by atoms with Crippen molar-refractivity contribution in [3.8, 4) is 0 Å². The van der Waals surface area contributed by atoms with Crippen LogP contribution in [0.4, 0.5) is 10.1 Å². The number of nitrogens with zero attached hydrogens (tertiary/aromatic N) is 1. The third-order valence-corrected chi connectivity index (χ3v) is 7.02. The summed E-state index contributed by atoms with van der Waals surface area (Å²) in [5.41, 5.74) is 1.34. The molecule has 158 valence electrons. The lowest BCUT2D eigenvalue weighted by Crippen LogP contribution is -2.44. The number of hydrogen-bond donors (Lipinski definition) is 3. The third-order valence-electron chi connectivity index (χ3n) is 5.45. The van der Waals surface area contributed by atoms with Crippen molar-refractivity contribution in [2.45, 2.75) is 37.1 Å². The van der Waals surface area contributed by atoms with Gasteiger partial charge in [0.15, 0.2) is 0 Å². The summed E-state index contributed by atoms with van der Waals surface area (Å²) < 4.78 is 42.1. The van der Waals surface area contributed by atoms with Gasteiger partial charge >= 0.3 is 0 Å². The molecule has 9 heteroatoms. The van der Waals surface area contributed by atoms with Crippen molar-refractivity contribution >= 4 is 26.6 Å². The highest BCUT2D eigenvalue weighted by atomic mass is 32.2. The van der Waals surface area contributed by atoms with Crippen LogP contribution >= 0.6 is 0 Å². The topological polar surface area (TPSA) is 104 Å². The van der Waals surface area contributed by atoms with Crippen LogP contribution in [-0.4, -0.2) is 31.5 Å². The molecular weight excluding hydrogens is 407 g/mol. The first-order valence-corrected chi connectivity index (χ1v) is 11.2. The van der Waals surface area contributed by atoms with E-state index < -0.39 is 10.0 Å². The van der Waals surface area contributed by atoms with Crippen molar-refractivity contribution < 1.29 is 12.8 Å². The van der Waals surface area contributed by atoms with Crippen LogP contribution in [0.2, 0.25) is 0 Å². The number of hydrogen-bond acceptors (Lipinski definition) is 5. The lowest BCUT2D eigenvalue weighted by molar-refractivity contribution is 0.247. The van der Waals surface area contributed by atoms with Gasteiger partial charge in [-0.3, -0.25) is 4.79 Å². The van der Waals surface area contributed by atoms with Crippen LogP contribution in [-0.2, 0) is 16.4 Å². The van der Waals surface area contributed by atoms with Gasteiger partial charge in [-0.25, -0.2) is 22.5 Å². The molecule has 0 unspecified atom stereocenters. The number of H-pyrrole nitrogens is 1. The first-order chi connectivity index (χ1) is 14.2. The Bertz CT molecular complexity index is 1270. The van der Waals surface area contributed by atoms with Crippen molar-refractivity contribution in [2.75, 3.05) is 12.4 Å². The number of nitrogens with one attached hydrogen (secondary N) is 3. The van der Waals surface area contributed by atoms with Crippen LogP contribution in [0.15, 0.2) is 46.1 Å². The number of benzene rings is 2. The monoisotopic (exact) mass is 430 g/mol. The summed E-state index contributed by atoms with van der Waals surface area (Å²) in [5.74, 6) is 0.497. The number of rotatable bonds is 6. The number of sulfonamides is 1. The molecule has 0 radical (unpaired) electrons. The molecule has 0 atom stereocenters. The van der Waals surface area contributed by atoms with Gasteiger partial charge in [0.25, 0.3) is 5.56 Å². The highest BCUT2D eigenvalue weighted by molar-refractivity contribution is 7.89. The quantitative estimate of drug-likeness (QED) is 0.558. The maximum atomic E-state index is 13.3. The van der Waals surface area contributed by atoms with E-state index in [9.17, 15) is 17.6 Å². The molecule has 1 saturated carbocycles. The Morgan fingerprint density at radius 3 is 2.70 bits per heavy atom. The van der Waals surface area contributed by atoms with E-state index in [1.807, 2.05) is 6.07 Å². The van der Waals surface area contributed by atoms with E-state index in [2.05, 4.69) is 20.0 Å². The smallest absolute Gasteiger partial charge is 0.258 e. The second kappa shape index (κ2) is 7.81. The molecule has 3 N–H and O–H groups in total. The molecule has 2 aromatic carbocycles. The molecule has 0 amide bonds. The van der Waals surface area contributed by atoms with Crippen molar-refractivity contribution in [3.63, 3.8) is 0 Å². The van der Waals surface area contributed by atoms with E-state index in [1.165, 1.54) is 18.2 Å². The molecule has 0 saturated heterocycles. The van der Waals surface area contributed by atoms with E-state index in [1.54, 1.807) is 26.1 Å². The summed E-state index contributed by atoms with van der Waals surface area (Å²) in [6, 6.07) is 9.22. The van der Waals surface area contributed by atoms with Crippen LogP contribution in [0.1, 0.15) is 24.2 Å². The lowest BCUT2D eigenvalue weighted by Gasteiger charge is -2.35. The molecule has 0 bridgehead atoms. The van der Waals surface area contributed by atoms with E-state index in [0.29, 0.717) is 42.2 Å². The van der Waals surface area contributed by atoms with Crippen LogP contribution < -0.4 is 15.6 Å². The van der Waals surface area contributed by atoms with Crippen LogP contribution in [0.3, 0.4) is 0 Å². The molecule has 1 heterocycles. The Hall–Kier alpha value is -2.78. The Kier molecular flexibility index (Phi) is 5.33. The standard InChI is InChI=1S/C21H23FN4O3S/c1-12-24-18-11-19(23-2)20(10-17(18)21(27)25-12)30(28,29)26-16-8-14(9-16)6-13-4-3-5-15(22)7-13/h3-5,7,10-11,14,16,23,26H,6,8-9H2,1-2H3,(H,24,25,27). The summed E-state index contributed by atoms with van der Waals surface area (Å²) in [7, 11) is -2.21. The highest BCUT2D eigenvalue weighted by Gasteiger charge is 2.33. The lowest BCUT2D eigenvalue weighted by atomic mass is 9.77. The molecule has 3 aromatic rings. The van der Waals surface area contributed by atoms with Gasteiger partial charge < -0.3 is 10.3 Å². The second-order valence-corrected chi connectivity index (χ2v) is 9.44. The number of aromatic amines is 1. The Morgan fingerprint density at radius 2 is 2.00 bits per heavy atom. The normalized spacial score (nSPS) is 18.9. The Labute approximate surface area is 173 Å². The van der Waals surface area contributed by atoms with Gasteiger partial charge in [-0.2, -0.15) is 0 Å². The third kappa shape index (κ3) is 4.08. The van der Waals surface area contributed by atoms with Gasteiger partial charge in [0.05, 0.1) is 16.6 Å².